The molecule has 0 bridgehead atoms. The average molecular weight is 432 g/mol. The van der Waals surface area contributed by atoms with Gasteiger partial charge in [0.2, 0.25) is 0 Å². The standard InChI is InChI=1S/C20H20N2O9/c1-11(18(23)21-14-5-6-16(28-2)17(10-14)29-3)31-20(25)13-7-12(19(24)30-4)8-15(9-13)22(26)27/h5-11H,1-4H3,(H,21,23). The molecule has 0 aliphatic heterocycles. The van der Waals surface area contributed by atoms with Crippen LogP contribution in [-0.4, -0.2) is 50.2 Å². The molecule has 0 fully saturated rings. The quantitative estimate of drug-likeness (QED) is 0.378. The summed E-state index contributed by atoms with van der Waals surface area (Å²) < 4.78 is 19.9. The van der Waals surface area contributed by atoms with Crippen molar-refractivity contribution in [3.63, 3.8) is 0 Å². The highest BCUT2D eigenvalue weighted by Gasteiger charge is 2.23. The minimum absolute atomic E-state index is 0.203. The van der Waals surface area contributed by atoms with Gasteiger partial charge in [-0.2, -0.15) is 0 Å². The number of anilines is 1. The molecule has 0 radical (unpaired) electrons. The summed E-state index contributed by atoms with van der Waals surface area (Å²) in [5, 5.41) is 13.6. The first-order chi connectivity index (χ1) is 14.7. The Morgan fingerprint density at radius 2 is 1.55 bits per heavy atom. The summed E-state index contributed by atoms with van der Waals surface area (Å²) in [6.07, 6.45) is -1.25. The first kappa shape index (κ1) is 23.1. The minimum Gasteiger partial charge on any atom is -0.493 e. The molecule has 1 unspecified atom stereocenters. The number of rotatable bonds is 8. The average Bonchev–Trinajstić information content (AvgIpc) is 2.77. The second kappa shape index (κ2) is 10.1. The minimum atomic E-state index is -1.25. The van der Waals surface area contributed by atoms with E-state index in [2.05, 4.69) is 10.1 Å². The van der Waals surface area contributed by atoms with Gasteiger partial charge >= 0.3 is 11.9 Å². The highest BCUT2D eigenvalue weighted by molar-refractivity contribution is 5.99. The maximum Gasteiger partial charge on any atom is 0.339 e. The maximum absolute atomic E-state index is 12.4. The van der Waals surface area contributed by atoms with Gasteiger partial charge in [-0.05, 0) is 25.1 Å². The SMILES string of the molecule is COC(=O)c1cc(C(=O)OC(C)C(=O)Nc2ccc(OC)c(OC)c2)cc([N+](=O)[O-])c1. The van der Waals surface area contributed by atoms with E-state index in [1.54, 1.807) is 12.1 Å². The predicted octanol–water partition coefficient (Wildman–Crippen LogP) is 2.58. The van der Waals surface area contributed by atoms with Crippen LogP contribution in [0.3, 0.4) is 0 Å². The third-order valence-electron chi connectivity index (χ3n) is 4.09. The van der Waals surface area contributed by atoms with Gasteiger partial charge in [0.05, 0.1) is 37.4 Å². The zero-order chi connectivity index (χ0) is 23.1. The normalized spacial score (nSPS) is 11.1. The molecule has 2 rings (SSSR count). The summed E-state index contributed by atoms with van der Waals surface area (Å²) in [5.41, 5.74) is -0.613. The summed E-state index contributed by atoms with van der Waals surface area (Å²) in [6, 6.07) is 7.66. The molecular formula is C20H20N2O9. The molecule has 0 aliphatic rings. The number of methoxy groups -OCH3 is 3. The molecule has 0 aromatic heterocycles. The summed E-state index contributed by atoms with van der Waals surface area (Å²) in [7, 11) is 4.01. The molecule has 0 aliphatic carbocycles. The Kier molecular flexibility index (Phi) is 7.50. The molecule has 0 saturated carbocycles. The number of esters is 2. The number of nitrogens with zero attached hydrogens (tertiary/aromatic N) is 1. The number of non-ortho nitro benzene ring substituents is 1. The first-order valence-corrected chi connectivity index (χ1v) is 8.81. The fourth-order valence-electron chi connectivity index (χ4n) is 2.51. The molecule has 2 aromatic carbocycles. The van der Waals surface area contributed by atoms with E-state index in [1.165, 1.54) is 27.2 Å². The van der Waals surface area contributed by atoms with E-state index < -0.39 is 34.6 Å². The fourth-order valence-corrected chi connectivity index (χ4v) is 2.51. The third kappa shape index (κ3) is 5.69. The number of nitrogens with one attached hydrogen (secondary N) is 1. The lowest BCUT2D eigenvalue weighted by Gasteiger charge is -2.15. The molecule has 31 heavy (non-hydrogen) atoms. The summed E-state index contributed by atoms with van der Waals surface area (Å²) in [5.74, 6) is -1.69. The van der Waals surface area contributed by atoms with E-state index in [9.17, 15) is 24.5 Å². The van der Waals surface area contributed by atoms with Crippen LogP contribution in [0.2, 0.25) is 0 Å². The van der Waals surface area contributed by atoms with Crippen LogP contribution in [0.4, 0.5) is 11.4 Å². The first-order valence-electron chi connectivity index (χ1n) is 8.81. The zero-order valence-corrected chi connectivity index (χ0v) is 17.2. The van der Waals surface area contributed by atoms with E-state index in [-0.39, 0.29) is 11.1 Å². The third-order valence-corrected chi connectivity index (χ3v) is 4.09. The van der Waals surface area contributed by atoms with Crippen LogP contribution in [0.5, 0.6) is 11.5 Å². The van der Waals surface area contributed by atoms with Gasteiger partial charge < -0.3 is 24.3 Å². The Morgan fingerprint density at radius 1 is 0.935 bits per heavy atom. The Bertz CT molecular complexity index is 1020. The Hall–Kier alpha value is -4.15. The van der Waals surface area contributed by atoms with E-state index in [1.807, 2.05) is 0 Å². The molecule has 11 heteroatoms. The van der Waals surface area contributed by atoms with Crippen molar-refractivity contribution >= 4 is 29.2 Å². The van der Waals surface area contributed by atoms with Gasteiger partial charge in [-0.1, -0.05) is 0 Å². The van der Waals surface area contributed by atoms with Crippen LogP contribution < -0.4 is 14.8 Å². The van der Waals surface area contributed by atoms with Crippen molar-refractivity contribution in [2.24, 2.45) is 0 Å². The molecule has 0 spiro atoms. The lowest BCUT2D eigenvalue weighted by molar-refractivity contribution is -0.384. The van der Waals surface area contributed by atoms with E-state index in [4.69, 9.17) is 14.2 Å². The van der Waals surface area contributed by atoms with Gasteiger partial charge in [0.1, 0.15) is 0 Å². The van der Waals surface area contributed by atoms with Crippen molar-refractivity contribution < 1.29 is 38.3 Å². The number of nitro benzene ring substituents is 1. The number of carbonyl (C=O) groups is 3. The second-order valence-electron chi connectivity index (χ2n) is 6.12. The molecule has 164 valence electrons. The lowest BCUT2D eigenvalue weighted by Crippen LogP contribution is -2.30. The Labute approximate surface area is 177 Å². The summed E-state index contributed by atoms with van der Waals surface area (Å²) >= 11 is 0. The highest BCUT2D eigenvalue weighted by atomic mass is 16.6. The van der Waals surface area contributed by atoms with Crippen LogP contribution in [0.1, 0.15) is 27.6 Å². The summed E-state index contributed by atoms with van der Waals surface area (Å²) in [6.45, 7) is 1.33. The van der Waals surface area contributed by atoms with Crippen molar-refractivity contribution in [1.82, 2.24) is 0 Å². The molecule has 1 N–H and O–H groups in total. The summed E-state index contributed by atoms with van der Waals surface area (Å²) in [4.78, 5) is 46.8. The number of amides is 1. The molecule has 0 saturated heterocycles. The Balaban J connectivity index is 2.16. The molecule has 1 amide bonds. The van der Waals surface area contributed by atoms with Crippen LogP contribution in [0.15, 0.2) is 36.4 Å². The topological polar surface area (TPSA) is 143 Å². The van der Waals surface area contributed by atoms with Gasteiger partial charge in [0, 0.05) is 23.9 Å². The zero-order valence-electron chi connectivity index (χ0n) is 17.2. The number of hydrogen-bond acceptors (Lipinski definition) is 9. The fraction of sp³-hybridized carbons (Fsp3) is 0.250. The van der Waals surface area contributed by atoms with Crippen LogP contribution in [-0.2, 0) is 14.3 Å². The number of nitro groups is 1. The van der Waals surface area contributed by atoms with Crippen molar-refractivity contribution in [1.29, 1.82) is 0 Å². The van der Waals surface area contributed by atoms with Gasteiger partial charge in [-0.15, -0.1) is 0 Å². The van der Waals surface area contributed by atoms with Crippen molar-refractivity contribution in [2.75, 3.05) is 26.6 Å². The molecule has 1 atom stereocenters. The van der Waals surface area contributed by atoms with Gasteiger partial charge in [-0.3, -0.25) is 14.9 Å². The van der Waals surface area contributed by atoms with Crippen LogP contribution in [0.25, 0.3) is 0 Å². The van der Waals surface area contributed by atoms with Gasteiger partial charge in [0.15, 0.2) is 17.6 Å². The smallest absolute Gasteiger partial charge is 0.339 e. The lowest BCUT2D eigenvalue weighted by atomic mass is 10.1. The predicted molar refractivity (Wildman–Crippen MR) is 107 cm³/mol. The molecule has 2 aromatic rings. The maximum atomic E-state index is 12.4. The largest absolute Gasteiger partial charge is 0.493 e. The molecular weight excluding hydrogens is 412 g/mol. The van der Waals surface area contributed by atoms with Gasteiger partial charge in [-0.25, -0.2) is 9.59 Å². The van der Waals surface area contributed by atoms with E-state index in [0.717, 1.165) is 25.3 Å². The molecule has 0 heterocycles. The number of benzene rings is 2. The van der Waals surface area contributed by atoms with Crippen molar-refractivity contribution in [3.8, 4) is 11.5 Å². The van der Waals surface area contributed by atoms with Gasteiger partial charge in [0.25, 0.3) is 11.6 Å². The highest BCUT2D eigenvalue weighted by Crippen LogP contribution is 2.29. The van der Waals surface area contributed by atoms with Crippen LogP contribution >= 0.6 is 0 Å². The van der Waals surface area contributed by atoms with Crippen LogP contribution in [0, 0.1) is 10.1 Å². The second-order valence-corrected chi connectivity index (χ2v) is 6.12. The van der Waals surface area contributed by atoms with E-state index in [0.29, 0.717) is 17.2 Å². The van der Waals surface area contributed by atoms with Crippen molar-refractivity contribution in [2.45, 2.75) is 13.0 Å². The number of hydrogen-bond donors (Lipinski definition) is 1. The monoisotopic (exact) mass is 432 g/mol. The number of ether oxygens (including phenoxy) is 4. The number of carbonyl (C=O) groups excluding carboxylic acids is 3. The van der Waals surface area contributed by atoms with Crippen molar-refractivity contribution in [3.05, 3.63) is 57.6 Å². The molecule has 11 nitrogen and oxygen atoms in total. The van der Waals surface area contributed by atoms with E-state index >= 15 is 0 Å². The Morgan fingerprint density at radius 3 is 2.10 bits per heavy atom.